The lowest BCUT2D eigenvalue weighted by molar-refractivity contribution is 0.0541. The summed E-state index contributed by atoms with van der Waals surface area (Å²) in [7, 11) is 0. The Labute approximate surface area is 91.1 Å². The number of aliphatic hydroxyl groups is 1. The van der Waals surface area contributed by atoms with Crippen LogP contribution < -0.4 is 11.5 Å². The summed E-state index contributed by atoms with van der Waals surface area (Å²) in [5, 5.41) is 10.3. The maximum absolute atomic E-state index is 10.3. The highest BCUT2D eigenvalue weighted by Gasteiger charge is 2.29. The number of aryl methyl sites for hydroxylation is 3. The molecule has 84 valence electrons. The van der Waals surface area contributed by atoms with Crippen LogP contribution in [-0.4, -0.2) is 18.2 Å². The molecule has 15 heavy (non-hydrogen) atoms. The van der Waals surface area contributed by atoms with Crippen LogP contribution in [0.4, 0.5) is 0 Å². The third-order valence-electron chi connectivity index (χ3n) is 2.82. The number of hydrogen-bond acceptors (Lipinski definition) is 3. The Kier molecular flexibility index (Phi) is 3.50. The van der Waals surface area contributed by atoms with Crippen molar-refractivity contribution in [2.75, 3.05) is 13.1 Å². The van der Waals surface area contributed by atoms with Gasteiger partial charge >= 0.3 is 0 Å². The molecule has 3 nitrogen and oxygen atoms in total. The predicted molar refractivity (Wildman–Crippen MR) is 62.7 cm³/mol. The molecule has 1 aromatic carbocycles. The smallest absolute Gasteiger partial charge is 0.114 e. The first-order valence-corrected chi connectivity index (χ1v) is 5.15. The first-order chi connectivity index (χ1) is 6.94. The van der Waals surface area contributed by atoms with E-state index in [0.29, 0.717) is 0 Å². The Bertz CT molecular complexity index is 334. The zero-order valence-electron chi connectivity index (χ0n) is 9.67. The van der Waals surface area contributed by atoms with Crippen molar-refractivity contribution in [2.45, 2.75) is 26.4 Å². The third-order valence-corrected chi connectivity index (χ3v) is 2.82. The molecule has 3 heteroatoms. The molecule has 0 spiro atoms. The van der Waals surface area contributed by atoms with E-state index in [1.165, 1.54) is 5.56 Å². The molecule has 0 heterocycles. The normalized spacial score (nSPS) is 11.9. The Morgan fingerprint density at radius 1 is 1.07 bits per heavy atom. The van der Waals surface area contributed by atoms with Crippen molar-refractivity contribution in [1.29, 1.82) is 0 Å². The summed E-state index contributed by atoms with van der Waals surface area (Å²) in [6.07, 6.45) is 0. The van der Waals surface area contributed by atoms with Crippen molar-refractivity contribution in [2.24, 2.45) is 11.5 Å². The third kappa shape index (κ3) is 2.20. The van der Waals surface area contributed by atoms with Gasteiger partial charge in [0.25, 0.3) is 0 Å². The first kappa shape index (κ1) is 12.2. The Balaban J connectivity index is 3.36. The molecule has 0 fully saturated rings. The second-order valence-corrected chi connectivity index (χ2v) is 4.21. The van der Waals surface area contributed by atoms with Crippen LogP contribution in [0.2, 0.25) is 0 Å². The van der Waals surface area contributed by atoms with Crippen LogP contribution in [0.15, 0.2) is 12.1 Å². The van der Waals surface area contributed by atoms with E-state index in [4.69, 9.17) is 11.5 Å². The minimum absolute atomic E-state index is 0.147. The summed E-state index contributed by atoms with van der Waals surface area (Å²) in [5.41, 5.74) is 14.2. The molecule has 0 aliphatic heterocycles. The highest BCUT2D eigenvalue weighted by molar-refractivity contribution is 5.41. The number of benzene rings is 1. The highest BCUT2D eigenvalue weighted by Crippen LogP contribution is 2.27. The van der Waals surface area contributed by atoms with Crippen LogP contribution in [0.1, 0.15) is 22.3 Å². The van der Waals surface area contributed by atoms with Gasteiger partial charge in [-0.15, -0.1) is 0 Å². The summed E-state index contributed by atoms with van der Waals surface area (Å²) in [5.74, 6) is 0. The van der Waals surface area contributed by atoms with Crippen molar-refractivity contribution in [1.82, 2.24) is 0 Å². The fourth-order valence-corrected chi connectivity index (χ4v) is 2.20. The molecule has 5 N–H and O–H groups in total. The lowest BCUT2D eigenvalue weighted by Gasteiger charge is -2.29. The molecule has 0 aliphatic carbocycles. The zero-order valence-corrected chi connectivity index (χ0v) is 9.67. The molecule has 0 unspecified atom stereocenters. The molecule has 0 radical (unpaired) electrons. The second kappa shape index (κ2) is 4.31. The number of rotatable bonds is 3. The fourth-order valence-electron chi connectivity index (χ4n) is 2.20. The summed E-state index contributed by atoms with van der Waals surface area (Å²) in [6, 6.07) is 4.08. The van der Waals surface area contributed by atoms with Gasteiger partial charge in [0.2, 0.25) is 0 Å². The van der Waals surface area contributed by atoms with Gasteiger partial charge in [-0.3, -0.25) is 0 Å². The van der Waals surface area contributed by atoms with Crippen LogP contribution in [0, 0.1) is 20.8 Å². The van der Waals surface area contributed by atoms with Crippen molar-refractivity contribution < 1.29 is 5.11 Å². The lowest BCUT2D eigenvalue weighted by Crippen LogP contribution is -2.43. The number of hydrogen-bond donors (Lipinski definition) is 3. The summed E-state index contributed by atoms with van der Waals surface area (Å²) < 4.78 is 0. The van der Waals surface area contributed by atoms with Crippen LogP contribution in [0.5, 0.6) is 0 Å². The lowest BCUT2D eigenvalue weighted by atomic mass is 9.86. The maximum Gasteiger partial charge on any atom is 0.114 e. The van der Waals surface area contributed by atoms with Gasteiger partial charge in [0.15, 0.2) is 0 Å². The van der Waals surface area contributed by atoms with E-state index >= 15 is 0 Å². The highest BCUT2D eigenvalue weighted by atomic mass is 16.3. The zero-order chi connectivity index (χ0) is 11.6. The van der Waals surface area contributed by atoms with Gasteiger partial charge in [-0.05, 0) is 37.5 Å². The Morgan fingerprint density at radius 2 is 1.47 bits per heavy atom. The summed E-state index contributed by atoms with van der Waals surface area (Å²) >= 11 is 0. The van der Waals surface area contributed by atoms with Gasteiger partial charge < -0.3 is 16.6 Å². The Morgan fingerprint density at radius 3 is 1.80 bits per heavy atom. The quantitative estimate of drug-likeness (QED) is 0.685. The average Bonchev–Trinajstić information content (AvgIpc) is 2.15. The van der Waals surface area contributed by atoms with E-state index in [9.17, 15) is 5.11 Å². The van der Waals surface area contributed by atoms with E-state index in [1.807, 2.05) is 32.9 Å². The minimum Gasteiger partial charge on any atom is -0.382 e. The van der Waals surface area contributed by atoms with Crippen molar-refractivity contribution >= 4 is 0 Å². The fraction of sp³-hybridized carbons (Fsp3) is 0.500. The van der Waals surface area contributed by atoms with Gasteiger partial charge in [0, 0.05) is 13.1 Å². The van der Waals surface area contributed by atoms with E-state index in [0.717, 1.165) is 16.7 Å². The minimum atomic E-state index is -1.10. The molecule has 0 amide bonds. The van der Waals surface area contributed by atoms with Crippen LogP contribution >= 0.6 is 0 Å². The summed E-state index contributed by atoms with van der Waals surface area (Å²) in [4.78, 5) is 0. The maximum atomic E-state index is 10.3. The molecular weight excluding hydrogens is 188 g/mol. The molecule has 0 aliphatic rings. The van der Waals surface area contributed by atoms with E-state index < -0.39 is 5.60 Å². The first-order valence-electron chi connectivity index (χ1n) is 5.15. The number of nitrogens with two attached hydrogens (primary N) is 2. The van der Waals surface area contributed by atoms with E-state index in [1.54, 1.807) is 0 Å². The molecule has 1 rings (SSSR count). The predicted octanol–water partition coefficient (Wildman–Crippen LogP) is 0.717. The van der Waals surface area contributed by atoms with Crippen LogP contribution in [0.3, 0.4) is 0 Å². The molecule has 0 saturated heterocycles. The van der Waals surface area contributed by atoms with Crippen molar-refractivity contribution in [3.63, 3.8) is 0 Å². The van der Waals surface area contributed by atoms with Gasteiger partial charge in [0.1, 0.15) is 5.60 Å². The molecule has 1 aromatic rings. The molecule has 0 saturated carbocycles. The molecule has 0 aromatic heterocycles. The van der Waals surface area contributed by atoms with Crippen molar-refractivity contribution in [3.05, 3.63) is 34.4 Å². The van der Waals surface area contributed by atoms with Gasteiger partial charge in [0.05, 0.1) is 0 Å². The van der Waals surface area contributed by atoms with Crippen LogP contribution in [0.25, 0.3) is 0 Å². The molecule has 0 bridgehead atoms. The SMILES string of the molecule is Cc1cc(C)c(C(O)(CN)CN)c(C)c1. The average molecular weight is 208 g/mol. The molecule has 0 atom stereocenters. The Hall–Kier alpha value is -0.900. The van der Waals surface area contributed by atoms with E-state index in [-0.39, 0.29) is 13.1 Å². The van der Waals surface area contributed by atoms with Crippen molar-refractivity contribution in [3.8, 4) is 0 Å². The van der Waals surface area contributed by atoms with Gasteiger partial charge in [-0.25, -0.2) is 0 Å². The molecular formula is C12H20N2O. The van der Waals surface area contributed by atoms with Gasteiger partial charge in [-0.1, -0.05) is 17.7 Å². The second-order valence-electron chi connectivity index (χ2n) is 4.21. The van der Waals surface area contributed by atoms with E-state index in [2.05, 4.69) is 0 Å². The van der Waals surface area contributed by atoms with Crippen LogP contribution in [-0.2, 0) is 5.60 Å². The topological polar surface area (TPSA) is 72.3 Å². The summed E-state index contributed by atoms with van der Waals surface area (Å²) in [6.45, 7) is 6.29. The largest absolute Gasteiger partial charge is 0.382 e. The monoisotopic (exact) mass is 208 g/mol. The standard InChI is InChI=1S/C12H20N2O/c1-8-4-9(2)11(10(3)5-8)12(15,6-13)7-14/h4-5,15H,6-7,13-14H2,1-3H3. The van der Waals surface area contributed by atoms with Gasteiger partial charge in [-0.2, -0.15) is 0 Å².